The van der Waals surface area contributed by atoms with E-state index in [9.17, 15) is 0 Å². The molecule has 0 aromatic carbocycles. The standard InChI is InChI=1S/C6H16O4Si/c7-3-1-5(9)11-6(10)2-4-8/h5-10H,1-4,11H2. The van der Waals surface area contributed by atoms with E-state index < -0.39 is 21.0 Å². The molecule has 0 aliphatic heterocycles. The first-order chi connectivity index (χ1) is 5.20. The zero-order valence-corrected chi connectivity index (χ0v) is 7.89. The Hall–Kier alpha value is 0.0569. The van der Waals surface area contributed by atoms with E-state index in [4.69, 9.17) is 20.4 Å². The van der Waals surface area contributed by atoms with E-state index in [1.807, 2.05) is 0 Å². The molecule has 0 fully saturated rings. The van der Waals surface area contributed by atoms with Crippen LogP contribution < -0.4 is 0 Å². The molecule has 2 atom stereocenters. The third-order valence-corrected chi connectivity index (χ3v) is 3.37. The average Bonchev–Trinajstić information content (AvgIpc) is 1.87. The van der Waals surface area contributed by atoms with E-state index in [0.29, 0.717) is 12.8 Å². The fourth-order valence-corrected chi connectivity index (χ4v) is 2.31. The van der Waals surface area contributed by atoms with E-state index >= 15 is 0 Å². The second kappa shape index (κ2) is 6.75. The zero-order chi connectivity index (χ0) is 8.69. The van der Waals surface area contributed by atoms with Crippen LogP contribution in [0.25, 0.3) is 0 Å². The fraction of sp³-hybridized carbons (Fsp3) is 1.00. The van der Waals surface area contributed by atoms with Crippen molar-refractivity contribution < 1.29 is 20.4 Å². The van der Waals surface area contributed by atoms with Crippen LogP contribution in [0.1, 0.15) is 12.8 Å². The summed E-state index contributed by atoms with van der Waals surface area (Å²) in [7, 11) is -0.971. The van der Waals surface area contributed by atoms with Crippen LogP contribution in [0, 0.1) is 0 Å². The van der Waals surface area contributed by atoms with Crippen molar-refractivity contribution in [3.05, 3.63) is 0 Å². The van der Waals surface area contributed by atoms with Crippen molar-refractivity contribution in [2.75, 3.05) is 13.2 Å². The van der Waals surface area contributed by atoms with Crippen molar-refractivity contribution in [2.24, 2.45) is 0 Å². The zero-order valence-electron chi connectivity index (χ0n) is 6.48. The van der Waals surface area contributed by atoms with Gasteiger partial charge in [0.05, 0.1) is 9.52 Å². The second-order valence-electron chi connectivity index (χ2n) is 2.57. The van der Waals surface area contributed by atoms with Crippen molar-refractivity contribution in [1.29, 1.82) is 0 Å². The predicted octanol–water partition coefficient (Wildman–Crippen LogP) is -2.44. The van der Waals surface area contributed by atoms with Gasteiger partial charge in [0, 0.05) is 24.7 Å². The molecule has 0 aliphatic rings. The Labute approximate surface area is 68.3 Å². The molecule has 0 aromatic rings. The molecular weight excluding hydrogens is 164 g/mol. The average molecular weight is 180 g/mol. The summed E-state index contributed by atoms with van der Waals surface area (Å²) in [6.07, 6.45) is 0.684. The van der Waals surface area contributed by atoms with E-state index in [1.165, 1.54) is 0 Å². The molecule has 0 aromatic heterocycles. The topological polar surface area (TPSA) is 80.9 Å². The molecule has 68 valence electrons. The van der Waals surface area contributed by atoms with Crippen LogP contribution in [0.2, 0.25) is 0 Å². The minimum Gasteiger partial charge on any atom is -0.397 e. The number of aliphatic hydroxyl groups excluding tert-OH is 4. The predicted molar refractivity (Wildman–Crippen MR) is 44.0 cm³/mol. The van der Waals surface area contributed by atoms with Crippen LogP contribution in [-0.4, -0.2) is 54.6 Å². The molecule has 0 heterocycles. The van der Waals surface area contributed by atoms with E-state index in [2.05, 4.69) is 0 Å². The molecule has 5 heteroatoms. The summed E-state index contributed by atoms with van der Waals surface area (Å²) < 4.78 is 0. The second-order valence-corrected chi connectivity index (χ2v) is 4.92. The van der Waals surface area contributed by atoms with E-state index in [-0.39, 0.29) is 13.2 Å². The summed E-state index contributed by atoms with van der Waals surface area (Å²) >= 11 is 0. The van der Waals surface area contributed by atoms with Gasteiger partial charge in [-0.1, -0.05) is 0 Å². The van der Waals surface area contributed by atoms with Crippen LogP contribution in [0.4, 0.5) is 0 Å². The third-order valence-electron chi connectivity index (χ3n) is 1.47. The lowest BCUT2D eigenvalue weighted by Gasteiger charge is -2.12. The van der Waals surface area contributed by atoms with Gasteiger partial charge in [-0.05, 0) is 12.8 Å². The molecule has 4 nitrogen and oxygen atoms in total. The molecule has 2 unspecified atom stereocenters. The first-order valence-corrected chi connectivity index (χ1v) is 5.41. The largest absolute Gasteiger partial charge is 0.397 e. The smallest absolute Gasteiger partial charge is 0.0894 e. The number of rotatable bonds is 6. The highest BCUT2D eigenvalue weighted by atomic mass is 28.2. The lowest BCUT2D eigenvalue weighted by Crippen LogP contribution is -2.30. The number of hydrogen-bond acceptors (Lipinski definition) is 4. The SMILES string of the molecule is OCCC(O)[SiH2]C(O)CCO. The maximum absolute atomic E-state index is 9.11. The van der Waals surface area contributed by atoms with Crippen LogP contribution in [-0.2, 0) is 0 Å². The molecule has 0 saturated carbocycles. The molecular formula is C6H16O4Si. The highest BCUT2D eigenvalue weighted by Gasteiger charge is 2.11. The van der Waals surface area contributed by atoms with Crippen LogP contribution >= 0.6 is 0 Å². The number of aliphatic hydroxyl groups is 4. The Balaban J connectivity index is 3.32. The van der Waals surface area contributed by atoms with Gasteiger partial charge in [0.15, 0.2) is 0 Å². The van der Waals surface area contributed by atoms with Gasteiger partial charge < -0.3 is 20.4 Å². The van der Waals surface area contributed by atoms with Crippen molar-refractivity contribution >= 4 is 9.52 Å². The van der Waals surface area contributed by atoms with Crippen LogP contribution in [0.15, 0.2) is 0 Å². The fourth-order valence-electron chi connectivity index (χ4n) is 0.848. The Morgan fingerprint density at radius 3 is 1.55 bits per heavy atom. The lowest BCUT2D eigenvalue weighted by molar-refractivity contribution is 0.162. The van der Waals surface area contributed by atoms with Gasteiger partial charge in [0.25, 0.3) is 0 Å². The van der Waals surface area contributed by atoms with Crippen LogP contribution in [0.5, 0.6) is 0 Å². The summed E-state index contributed by atoms with van der Waals surface area (Å²) in [6.45, 7) is -0.0833. The highest BCUT2D eigenvalue weighted by molar-refractivity contribution is 6.38. The molecule has 4 N–H and O–H groups in total. The van der Waals surface area contributed by atoms with Gasteiger partial charge in [-0.3, -0.25) is 0 Å². The van der Waals surface area contributed by atoms with E-state index in [0.717, 1.165) is 0 Å². The van der Waals surface area contributed by atoms with Crippen molar-refractivity contribution in [3.63, 3.8) is 0 Å². The molecule has 0 aliphatic carbocycles. The van der Waals surface area contributed by atoms with Gasteiger partial charge in [-0.15, -0.1) is 0 Å². The van der Waals surface area contributed by atoms with E-state index in [1.54, 1.807) is 0 Å². The van der Waals surface area contributed by atoms with Crippen LogP contribution in [0.3, 0.4) is 0 Å². The molecule has 0 rings (SSSR count). The Morgan fingerprint density at radius 1 is 0.909 bits per heavy atom. The molecule has 0 bridgehead atoms. The summed E-state index contributed by atoms with van der Waals surface area (Å²) in [6, 6.07) is 0. The quantitative estimate of drug-likeness (QED) is 0.342. The van der Waals surface area contributed by atoms with Crippen molar-refractivity contribution in [3.8, 4) is 0 Å². The minimum atomic E-state index is -0.971. The molecule has 11 heavy (non-hydrogen) atoms. The van der Waals surface area contributed by atoms with Gasteiger partial charge in [0.1, 0.15) is 0 Å². The van der Waals surface area contributed by atoms with Crippen molar-refractivity contribution in [1.82, 2.24) is 0 Å². The molecule has 0 radical (unpaired) electrons. The Bertz CT molecular complexity index is 80.7. The molecule has 0 spiro atoms. The summed E-state index contributed by atoms with van der Waals surface area (Å²) in [5.41, 5.74) is -1.05. The lowest BCUT2D eigenvalue weighted by atomic mass is 10.5. The van der Waals surface area contributed by atoms with Gasteiger partial charge >= 0.3 is 0 Å². The highest BCUT2D eigenvalue weighted by Crippen LogP contribution is 1.94. The summed E-state index contributed by atoms with van der Waals surface area (Å²) in [5.74, 6) is 0. The maximum atomic E-state index is 9.11. The van der Waals surface area contributed by atoms with Gasteiger partial charge in [-0.25, -0.2) is 0 Å². The van der Waals surface area contributed by atoms with Crippen molar-refractivity contribution in [2.45, 2.75) is 24.3 Å². The minimum absolute atomic E-state index is 0.0417. The Kier molecular flexibility index (Phi) is 6.78. The maximum Gasteiger partial charge on any atom is 0.0894 e. The monoisotopic (exact) mass is 180 g/mol. The molecule has 0 amide bonds. The Morgan fingerprint density at radius 2 is 1.27 bits per heavy atom. The van der Waals surface area contributed by atoms with Gasteiger partial charge in [0.2, 0.25) is 0 Å². The van der Waals surface area contributed by atoms with Gasteiger partial charge in [-0.2, -0.15) is 0 Å². The third kappa shape index (κ3) is 6.45. The first kappa shape index (κ1) is 11.1. The summed E-state index contributed by atoms with van der Waals surface area (Å²) in [4.78, 5) is 0. The summed E-state index contributed by atoms with van der Waals surface area (Å²) in [5, 5.41) is 35.0. The normalized spacial score (nSPS) is 17.5. The number of hydrogen-bond donors (Lipinski definition) is 4. The molecule has 0 saturated heterocycles. The first-order valence-electron chi connectivity index (χ1n) is 3.78.